The lowest BCUT2D eigenvalue weighted by molar-refractivity contribution is -0.0235. The molecule has 3 aliphatic rings. The summed E-state index contributed by atoms with van der Waals surface area (Å²) in [4.78, 5) is 16.9. The number of ether oxygens (including phenoxy) is 3. The van der Waals surface area contributed by atoms with Crippen LogP contribution in [0.5, 0.6) is 5.75 Å². The summed E-state index contributed by atoms with van der Waals surface area (Å²) in [7, 11) is 1.35. The third-order valence-corrected chi connectivity index (χ3v) is 5.63. The molecule has 2 aromatic rings. The van der Waals surface area contributed by atoms with E-state index in [1.165, 1.54) is 7.11 Å². The van der Waals surface area contributed by atoms with Crippen molar-refractivity contribution < 1.29 is 23.4 Å². The Morgan fingerprint density at radius 1 is 1.46 bits per heavy atom. The number of hydrogen-bond acceptors (Lipinski definition) is 5. The van der Waals surface area contributed by atoms with Crippen LogP contribution >= 0.6 is 0 Å². The molecule has 3 fully saturated rings. The van der Waals surface area contributed by atoms with E-state index >= 15 is 0 Å². The summed E-state index contributed by atoms with van der Waals surface area (Å²) >= 11 is 0. The average molecular weight is 362 g/mol. The first-order valence-electron chi connectivity index (χ1n) is 8.92. The molecule has 2 saturated heterocycles. The quantitative estimate of drug-likeness (QED) is 0.739. The molecule has 6 nitrogen and oxygen atoms in total. The number of imidazole rings is 1. The van der Waals surface area contributed by atoms with Crippen LogP contribution < -0.4 is 4.74 Å². The van der Waals surface area contributed by atoms with Crippen molar-refractivity contribution >= 4 is 11.6 Å². The maximum atomic E-state index is 13.2. The minimum atomic E-state index is -0.613. The minimum Gasteiger partial charge on any atom is -0.490 e. The molecule has 1 saturated carbocycles. The van der Waals surface area contributed by atoms with Gasteiger partial charge in [-0.1, -0.05) is 6.92 Å². The first kappa shape index (κ1) is 17.3. The number of hydrogen-bond donors (Lipinski definition) is 0. The second-order valence-corrected chi connectivity index (χ2v) is 7.51. The second-order valence-electron chi connectivity index (χ2n) is 7.51. The SMILES string of the molecule is CCC(C)Oc1cc2nc(C34COC(CF)(C3)C4)cn2cc1C(=O)OC. The summed E-state index contributed by atoms with van der Waals surface area (Å²) in [5.41, 5.74) is 1.08. The average Bonchev–Trinajstić information content (AvgIpc) is 3.30. The zero-order chi connectivity index (χ0) is 18.5. The fraction of sp³-hybridized carbons (Fsp3) is 0.579. The van der Waals surface area contributed by atoms with Gasteiger partial charge in [-0.25, -0.2) is 14.2 Å². The van der Waals surface area contributed by atoms with Gasteiger partial charge in [0.2, 0.25) is 0 Å². The van der Waals surface area contributed by atoms with Gasteiger partial charge in [0, 0.05) is 23.9 Å². The van der Waals surface area contributed by atoms with Crippen LogP contribution in [0.15, 0.2) is 18.5 Å². The minimum absolute atomic E-state index is 0.0334. The van der Waals surface area contributed by atoms with Gasteiger partial charge < -0.3 is 18.6 Å². The summed E-state index contributed by atoms with van der Waals surface area (Å²) in [6, 6.07) is 1.76. The van der Waals surface area contributed by atoms with Gasteiger partial charge in [-0.3, -0.25) is 0 Å². The topological polar surface area (TPSA) is 62.1 Å². The molecule has 0 radical (unpaired) electrons. The summed E-state index contributed by atoms with van der Waals surface area (Å²) < 4.78 is 31.4. The lowest BCUT2D eigenvalue weighted by atomic mass is 9.61. The number of aromatic nitrogens is 2. The van der Waals surface area contributed by atoms with Crippen LogP contribution in [0.3, 0.4) is 0 Å². The second kappa shape index (κ2) is 5.94. The largest absolute Gasteiger partial charge is 0.490 e. The zero-order valence-corrected chi connectivity index (χ0v) is 15.3. The third-order valence-electron chi connectivity index (χ3n) is 5.63. The molecule has 1 aliphatic carbocycles. The highest BCUT2D eigenvalue weighted by Gasteiger charge is 2.64. The Hall–Kier alpha value is -2.15. The van der Waals surface area contributed by atoms with Crippen molar-refractivity contribution in [3.8, 4) is 5.75 Å². The van der Waals surface area contributed by atoms with E-state index in [0.717, 1.165) is 12.1 Å². The Kier molecular flexibility index (Phi) is 3.95. The van der Waals surface area contributed by atoms with E-state index in [0.29, 0.717) is 36.4 Å². The predicted molar refractivity (Wildman–Crippen MR) is 92.5 cm³/mol. The van der Waals surface area contributed by atoms with E-state index in [-0.39, 0.29) is 11.5 Å². The van der Waals surface area contributed by atoms with Gasteiger partial charge in [0.25, 0.3) is 0 Å². The van der Waals surface area contributed by atoms with Crippen molar-refractivity contribution in [1.82, 2.24) is 9.38 Å². The van der Waals surface area contributed by atoms with Crippen LogP contribution in [0, 0.1) is 0 Å². The lowest BCUT2D eigenvalue weighted by Crippen LogP contribution is -2.48. The number of fused-ring (bicyclic) bond motifs is 2. The number of esters is 1. The molecule has 5 rings (SSSR count). The highest BCUT2D eigenvalue weighted by Crippen LogP contribution is 2.58. The smallest absolute Gasteiger partial charge is 0.343 e. The van der Waals surface area contributed by atoms with Crippen LogP contribution in [0.4, 0.5) is 4.39 Å². The molecule has 2 aliphatic heterocycles. The Morgan fingerprint density at radius 3 is 2.85 bits per heavy atom. The molecule has 0 spiro atoms. The van der Waals surface area contributed by atoms with Crippen molar-refractivity contribution in [1.29, 1.82) is 0 Å². The van der Waals surface area contributed by atoms with Gasteiger partial charge in [-0.2, -0.15) is 0 Å². The van der Waals surface area contributed by atoms with Gasteiger partial charge in [-0.05, 0) is 26.2 Å². The van der Waals surface area contributed by atoms with Crippen molar-refractivity contribution in [2.75, 3.05) is 20.4 Å². The number of carbonyl (C=O) groups excluding carboxylic acids is 1. The molecule has 0 aromatic carbocycles. The first-order valence-corrected chi connectivity index (χ1v) is 8.92. The van der Waals surface area contributed by atoms with E-state index in [4.69, 9.17) is 19.2 Å². The molecule has 2 bridgehead atoms. The maximum Gasteiger partial charge on any atom is 0.343 e. The molecule has 1 unspecified atom stereocenters. The normalized spacial score (nSPS) is 28.0. The third kappa shape index (κ3) is 2.48. The molecule has 0 N–H and O–H groups in total. The Bertz CT molecular complexity index is 857. The summed E-state index contributed by atoms with van der Waals surface area (Å²) in [6.45, 7) is 3.99. The number of nitrogens with zero attached hydrogens (tertiary/aromatic N) is 2. The molecule has 1 atom stereocenters. The van der Waals surface area contributed by atoms with Crippen LogP contribution in [-0.4, -0.2) is 47.5 Å². The lowest BCUT2D eigenvalue weighted by Gasteiger charge is -2.41. The van der Waals surface area contributed by atoms with Crippen molar-refractivity contribution in [3.05, 3.63) is 29.7 Å². The number of pyridine rings is 1. The molecule has 26 heavy (non-hydrogen) atoms. The summed E-state index contributed by atoms with van der Waals surface area (Å²) in [5, 5.41) is 0. The first-order chi connectivity index (χ1) is 12.4. The molecular weight excluding hydrogens is 339 g/mol. The molecule has 7 heteroatoms. The van der Waals surface area contributed by atoms with Crippen molar-refractivity contribution in [2.45, 2.75) is 50.2 Å². The van der Waals surface area contributed by atoms with E-state index in [2.05, 4.69) is 0 Å². The fourth-order valence-electron chi connectivity index (χ4n) is 4.00. The molecule has 0 amide bonds. The number of rotatable bonds is 6. The number of methoxy groups -OCH3 is 1. The number of carbonyl (C=O) groups is 1. The summed E-state index contributed by atoms with van der Waals surface area (Å²) in [5.74, 6) is 0.00522. The molecule has 4 heterocycles. The highest BCUT2D eigenvalue weighted by molar-refractivity contribution is 5.92. The van der Waals surface area contributed by atoms with Crippen LogP contribution in [-0.2, 0) is 14.9 Å². The van der Waals surface area contributed by atoms with Gasteiger partial charge in [0.1, 0.15) is 23.6 Å². The van der Waals surface area contributed by atoms with Crippen molar-refractivity contribution in [3.63, 3.8) is 0 Å². The van der Waals surface area contributed by atoms with Crippen LogP contribution in [0.2, 0.25) is 0 Å². The standard InChI is InChI=1S/C19H23FN2O4/c1-4-12(2)26-14-5-16-21-15(7-22(16)6-13(14)17(23)24-3)18-8-19(9-18,10-20)25-11-18/h5-7,12H,4,8-11H2,1-3H3. The predicted octanol–water partition coefficient (Wildman–Crippen LogP) is 3.07. The highest BCUT2D eigenvalue weighted by atomic mass is 19.1. The Morgan fingerprint density at radius 2 is 2.23 bits per heavy atom. The monoisotopic (exact) mass is 362 g/mol. The van der Waals surface area contributed by atoms with Crippen molar-refractivity contribution in [2.24, 2.45) is 0 Å². The van der Waals surface area contributed by atoms with Crippen LogP contribution in [0.1, 0.15) is 49.2 Å². The molecule has 2 aromatic heterocycles. The van der Waals surface area contributed by atoms with E-state index in [1.54, 1.807) is 16.7 Å². The zero-order valence-electron chi connectivity index (χ0n) is 15.3. The fourth-order valence-corrected chi connectivity index (χ4v) is 4.00. The van der Waals surface area contributed by atoms with Gasteiger partial charge >= 0.3 is 5.97 Å². The van der Waals surface area contributed by atoms with E-state index < -0.39 is 18.2 Å². The van der Waals surface area contributed by atoms with Gasteiger partial charge in [-0.15, -0.1) is 0 Å². The van der Waals surface area contributed by atoms with E-state index in [1.807, 2.05) is 20.0 Å². The van der Waals surface area contributed by atoms with Gasteiger partial charge in [0.15, 0.2) is 0 Å². The number of halogens is 1. The molecular formula is C19H23FN2O4. The summed E-state index contributed by atoms with van der Waals surface area (Å²) in [6.07, 6.45) is 5.67. The van der Waals surface area contributed by atoms with E-state index in [9.17, 15) is 9.18 Å². The van der Waals surface area contributed by atoms with Crippen LogP contribution in [0.25, 0.3) is 5.65 Å². The Labute approximate surface area is 151 Å². The Balaban J connectivity index is 1.73. The maximum absolute atomic E-state index is 13.2. The number of alkyl halides is 1. The van der Waals surface area contributed by atoms with Gasteiger partial charge in [0.05, 0.1) is 31.1 Å². The molecule has 140 valence electrons.